The van der Waals surface area contributed by atoms with Crippen molar-refractivity contribution in [1.29, 1.82) is 0 Å². The predicted octanol–water partition coefficient (Wildman–Crippen LogP) is 5.32. The Labute approximate surface area is 129 Å². The third-order valence-electron chi connectivity index (χ3n) is 4.41. The summed E-state index contributed by atoms with van der Waals surface area (Å²) in [5, 5.41) is 0. The first-order chi connectivity index (χ1) is 9.79. The van der Waals surface area contributed by atoms with Crippen molar-refractivity contribution >= 4 is 5.97 Å². The largest absolute Gasteiger partial charge is 0.426 e. The molecule has 0 amide bonds. The van der Waals surface area contributed by atoms with E-state index in [0.717, 1.165) is 12.2 Å². The van der Waals surface area contributed by atoms with Gasteiger partial charge < -0.3 is 4.74 Å². The van der Waals surface area contributed by atoms with Gasteiger partial charge >= 0.3 is 5.97 Å². The van der Waals surface area contributed by atoms with E-state index in [1.807, 2.05) is 26.8 Å². The lowest BCUT2D eigenvalue weighted by molar-refractivity contribution is -0.148. The Morgan fingerprint density at radius 2 is 1.90 bits per heavy atom. The van der Waals surface area contributed by atoms with Crippen molar-refractivity contribution < 1.29 is 9.53 Å². The molecule has 0 spiro atoms. The van der Waals surface area contributed by atoms with Crippen molar-refractivity contribution in [1.82, 2.24) is 0 Å². The average Bonchev–Trinajstić information content (AvgIpc) is 2.58. The molecule has 1 unspecified atom stereocenters. The van der Waals surface area contributed by atoms with Crippen LogP contribution in [0.15, 0.2) is 34.6 Å². The fourth-order valence-electron chi connectivity index (χ4n) is 2.99. The highest BCUT2D eigenvalue weighted by Gasteiger charge is 2.29. The number of hydrogen-bond acceptors (Lipinski definition) is 2. The Kier molecular flexibility index (Phi) is 4.75. The van der Waals surface area contributed by atoms with Crippen LogP contribution in [-0.2, 0) is 9.53 Å². The normalized spacial score (nSPS) is 22.7. The van der Waals surface area contributed by atoms with Crippen LogP contribution in [0.3, 0.4) is 0 Å². The highest BCUT2D eigenvalue weighted by atomic mass is 16.5. The van der Waals surface area contributed by atoms with Crippen molar-refractivity contribution in [3.8, 4) is 0 Å². The molecule has 0 radical (unpaired) electrons. The lowest BCUT2D eigenvalue weighted by Gasteiger charge is -2.26. The third kappa shape index (κ3) is 3.87. The molecule has 0 heterocycles. The zero-order chi connectivity index (χ0) is 15.6. The molecule has 2 rings (SSSR count). The number of rotatable bonds is 1. The molecule has 2 heteroatoms. The molecular formula is C19H28O2. The average molecular weight is 288 g/mol. The van der Waals surface area contributed by atoms with E-state index in [9.17, 15) is 4.79 Å². The van der Waals surface area contributed by atoms with E-state index in [4.69, 9.17) is 4.74 Å². The summed E-state index contributed by atoms with van der Waals surface area (Å²) in [4.78, 5) is 12.2. The number of carbonyl (C=O) groups excluding carboxylic acids is 1. The molecule has 2 nitrogen and oxygen atoms in total. The van der Waals surface area contributed by atoms with Gasteiger partial charge in [-0.25, -0.2) is 0 Å². The standard InChI is InChI=1S/C19H28O2/c1-13(2)16-12-15-9-7-6-8-14(15)10-11-17(16)21-18(20)19(3,4)5/h10-11,15H,6-9,12H2,1-5H3. The SMILES string of the molecule is CC(C)=C1CC2CCCCC2=CC=C1OC(=O)C(C)(C)C. The van der Waals surface area contributed by atoms with Gasteiger partial charge in [0, 0.05) is 0 Å². The summed E-state index contributed by atoms with van der Waals surface area (Å²) in [6, 6.07) is 0. The van der Waals surface area contributed by atoms with Crippen molar-refractivity contribution in [3.63, 3.8) is 0 Å². The van der Waals surface area contributed by atoms with Gasteiger partial charge in [0.05, 0.1) is 5.41 Å². The molecule has 1 saturated carbocycles. The maximum atomic E-state index is 12.2. The summed E-state index contributed by atoms with van der Waals surface area (Å²) < 4.78 is 5.74. The maximum absolute atomic E-state index is 12.2. The van der Waals surface area contributed by atoms with Crippen LogP contribution in [0.4, 0.5) is 0 Å². The van der Waals surface area contributed by atoms with Crippen LogP contribution >= 0.6 is 0 Å². The van der Waals surface area contributed by atoms with Crippen molar-refractivity contribution in [3.05, 3.63) is 34.6 Å². The summed E-state index contributed by atoms with van der Waals surface area (Å²) in [6.45, 7) is 9.91. The number of hydrogen-bond donors (Lipinski definition) is 0. The Bertz CT molecular complexity index is 508. The highest BCUT2D eigenvalue weighted by molar-refractivity contribution is 5.77. The van der Waals surface area contributed by atoms with Crippen molar-refractivity contribution in [2.24, 2.45) is 11.3 Å². The second kappa shape index (κ2) is 6.21. The van der Waals surface area contributed by atoms with Crippen LogP contribution in [0.25, 0.3) is 0 Å². The van der Waals surface area contributed by atoms with Gasteiger partial charge in [-0.15, -0.1) is 0 Å². The first kappa shape index (κ1) is 16.1. The predicted molar refractivity (Wildman–Crippen MR) is 86.7 cm³/mol. The number of esters is 1. The van der Waals surface area contributed by atoms with Crippen LogP contribution < -0.4 is 0 Å². The molecule has 0 N–H and O–H groups in total. The molecular weight excluding hydrogens is 260 g/mol. The summed E-state index contributed by atoms with van der Waals surface area (Å²) in [7, 11) is 0. The molecule has 0 aromatic rings. The molecule has 0 saturated heterocycles. The van der Waals surface area contributed by atoms with Gasteiger partial charge in [-0.3, -0.25) is 4.79 Å². The van der Waals surface area contributed by atoms with Crippen molar-refractivity contribution in [2.45, 2.75) is 66.7 Å². The Morgan fingerprint density at radius 3 is 2.52 bits per heavy atom. The molecule has 0 bridgehead atoms. The number of carbonyl (C=O) groups is 1. The zero-order valence-corrected chi connectivity index (χ0v) is 14.1. The third-order valence-corrected chi connectivity index (χ3v) is 4.41. The fraction of sp³-hybridized carbons (Fsp3) is 0.632. The van der Waals surface area contributed by atoms with E-state index in [1.165, 1.54) is 42.4 Å². The molecule has 0 aliphatic heterocycles. The van der Waals surface area contributed by atoms with E-state index in [0.29, 0.717) is 5.92 Å². The van der Waals surface area contributed by atoms with Gasteiger partial charge in [-0.05, 0) is 77.9 Å². The second-order valence-corrected chi connectivity index (χ2v) is 7.54. The smallest absolute Gasteiger partial charge is 0.316 e. The minimum atomic E-state index is -0.472. The van der Waals surface area contributed by atoms with Crippen LogP contribution in [0, 0.1) is 11.3 Å². The molecule has 116 valence electrons. The van der Waals surface area contributed by atoms with E-state index >= 15 is 0 Å². The lowest BCUT2D eigenvalue weighted by Crippen LogP contribution is -2.23. The topological polar surface area (TPSA) is 26.3 Å². The number of fused-ring (bicyclic) bond motifs is 1. The molecule has 21 heavy (non-hydrogen) atoms. The molecule has 0 aromatic heterocycles. The number of allylic oxidation sites excluding steroid dienone is 5. The monoisotopic (exact) mass is 288 g/mol. The van der Waals surface area contributed by atoms with Crippen LogP contribution in [0.2, 0.25) is 0 Å². The first-order valence-electron chi connectivity index (χ1n) is 8.09. The molecule has 1 fully saturated rings. The van der Waals surface area contributed by atoms with E-state index in [-0.39, 0.29) is 5.97 Å². The van der Waals surface area contributed by atoms with Crippen LogP contribution in [0.1, 0.15) is 66.7 Å². The van der Waals surface area contributed by atoms with E-state index in [1.54, 1.807) is 0 Å². The van der Waals surface area contributed by atoms with Gasteiger partial charge in [-0.2, -0.15) is 0 Å². The van der Waals surface area contributed by atoms with Gasteiger partial charge in [0.2, 0.25) is 0 Å². The second-order valence-electron chi connectivity index (χ2n) is 7.54. The summed E-state index contributed by atoms with van der Waals surface area (Å²) in [5.74, 6) is 1.23. The fourth-order valence-corrected chi connectivity index (χ4v) is 2.99. The van der Waals surface area contributed by atoms with Crippen LogP contribution in [-0.4, -0.2) is 5.97 Å². The Morgan fingerprint density at radius 1 is 1.19 bits per heavy atom. The molecule has 2 aliphatic rings. The lowest BCUT2D eigenvalue weighted by atomic mass is 9.80. The Balaban J connectivity index is 2.28. The first-order valence-corrected chi connectivity index (χ1v) is 8.09. The van der Waals surface area contributed by atoms with Crippen molar-refractivity contribution in [2.75, 3.05) is 0 Å². The summed E-state index contributed by atoms with van der Waals surface area (Å²) in [6.07, 6.45) is 10.3. The van der Waals surface area contributed by atoms with Crippen LogP contribution in [0.5, 0.6) is 0 Å². The van der Waals surface area contributed by atoms with Gasteiger partial charge in [-0.1, -0.05) is 23.6 Å². The number of ether oxygens (including phenoxy) is 1. The summed E-state index contributed by atoms with van der Waals surface area (Å²) in [5.41, 5.74) is 3.52. The van der Waals surface area contributed by atoms with E-state index < -0.39 is 5.41 Å². The zero-order valence-electron chi connectivity index (χ0n) is 14.1. The summed E-state index contributed by atoms with van der Waals surface area (Å²) >= 11 is 0. The quantitative estimate of drug-likeness (QED) is 0.611. The highest BCUT2D eigenvalue weighted by Crippen LogP contribution is 2.39. The van der Waals surface area contributed by atoms with Gasteiger partial charge in [0.1, 0.15) is 5.76 Å². The van der Waals surface area contributed by atoms with E-state index in [2.05, 4.69) is 19.9 Å². The van der Waals surface area contributed by atoms with Gasteiger partial charge in [0.25, 0.3) is 0 Å². The minimum absolute atomic E-state index is 0.157. The molecule has 2 aliphatic carbocycles. The van der Waals surface area contributed by atoms with Gasteiger partial charge in [0.15, 0.2) is 0 Å². The maximum Gasteiger partial charge on any atom is 0.316 e. The molecule has 1 atom stereocenters. The Hall–Kier alpha value is -1.31. The minimum Gasteiger partial charge on any atom is -0.426 e. The molecule has 0 aromatic carbocycles.